The van der Waals surface area contributed by atoms with Crippen LogP contribution in [0.3, 0.4) is 0 Å². The van der Waals surface area contributed by atoms with Gasteiger partial charge in [0.25, 0.3) is 5.91 Å². The number of hydrogen-bond acceptors (Lipinski definition) is 3. The van der Waals surface area contributed by atoms with Crippen molar-refractivity contribution in [2.75, 3.05) is 5.01 Å². The molecule has 1 amide bonds. The highest BCUT2D eigenvalue weighted by Gasteiger charge is 2.34. The summed E-state index contributed by atoms with van der Waals surface area (Å²) < 4.78 is 13.0. The largest absolute Gasteiger partial charge is 0.476 e. The van der Waals surface area contributed by atoms with Crippen LogP contribution in [0.25, 0.3) is 6.08 Å². The molecule has 6 heteroatoms. The number of para-hydroxylation sites is 1. The molecule has 0 unspecified atom stereocenters. The lowest BCUT2D eigenvalue weighted by molar-refractivity contribution is -0.129. The molecule has 1 heterocycles. The van der Waals surface area contributed by atoms with Crippen LogP contribution in [-0.4, -0.2) is 22.7 Å². The Morgan fingerprint density at radius 2 is 1.74 bits per heavy atom. The van der Waals surface area contributed by atoms with E-state index in [1.54, 1.807) is 30.3 Å². The fraction of sp³-hybridized carbons (Fsp3) is 0. The lowest BCUT2D eigenvalue weighted by Crippen LogP contribution is -2.22. The van der Waals surface area contributed by atoms with Gasteiger partial charge in [-0.15, -0.1) is 0 Å². The molecule has 2 aromatic carbocycles. The zero-order valence-electron chi connectivity index (χ0n) is 11.8. The van der Waals surface area contributed by atoms with Crippen molar-refractivity contribution in [2.24, 2.45) is 5.10 Å². The first-order valence-corrected chi connectivity index (χ1v) is 6.75. The molecule has 5 nitrogen and oxygen atoms in total. The number of amides is 1. The molecule has 0 spiro atoms. The molecule has 2 aromatic rings. The molecule has 1 aliphatic rings. The van der Waals surface area contributed by atoms with Crippen molar-refractivity contribution in [3.05, 3.63) is 71.6 Å². The number of benzene rings is 2. The lowest BCUT2D eigenvalue weighted by Gasteiger charge is -2.10. The van der Waals surface area contributed by atoms with Gasteiger partial charge in [-0.25, -0.2) is 9.18 Å². The van der Waals surface area contributed by atoms with Gasteiger partial charge in [-0.05, 0) is 35.9 Å². The molecule has 23 heavy (non-hydrogen) atoms. The van der Waals surface area contributed by atoms with Gasteiger partial charge in [-0.1, -0.05) is 30.3 Å². The summed E-state index contributed by atoms with van der Waals surface area (Å²) in [7, 11) is 0. The Labute approximate surface area is 131 Å². The fourth-order valence-corrected chi connectivity index (χ4v) is 2.17. The van der Waals surface area contributed by atoms with Crippen LogP contribution < -0.4 is 5.01 Å². The normalized spacial score (nSPS) is 15.9. The van der Waals surface area contributed by atoms with E-state index in [1.165, 1.54) is 30.3 Å². The minimum Gasteiger partial charge on any atom is -0.476 e. The summed E-state index contributed by atoms with van der Waals surface area (Å²) in [6, 6.07) is 13.9. The molecule has 0 saturated heterocycles. The number of carbonyl (C=O) groups is 2. The predicted octanol–water partition coefficient (Wildman–Crippen LogP) is 2.70. The summed E-state index contributed by atoms with van der Waals surface area (Å²) in [5.41, 5.74) is 0.591. The second-order valence-electron chi connectivity index (χ2n) is 4.82. The number of anilines is 1. The average Bonchev–Trinajstić information content (AvgIpc) is 2.88. The summed E-state index contributed by atoms with van der Waals surface area (Å²) in [4.78, 5) is 23.9. The van der Waals surface area contributed by atoms with Gasteiger partial charge in [0.1, 0.15) is 5.82 Å². The number of aliphatic carboxylic acids is 1. The zero-order valence-corrected chi connectivity index (χ0v) is 11.8. The molecule has 0 fully saturated rings. The monoisotopic (exact) mass is 310 g/mol. The van der Waals surface area contributed by atoms with Gasteiger partial charge in [0.05, 0.1) is 11.3 Å². The van der Waals surface area contributed by atoms with Gasteiger partial charge in [0.2, 0.25) is 0 Å². The third-order valence-corrected chi connectivity index (χ3v) is 3.26. The highest BCUT2D eigenvalue weighted by atomic mass is 19.1. The Hall–Kier alpha value is -3.28. The van der Waals surface area contributed by atoms with E-state index in [0.29, 0.717) is 11.3 Å². The number of hydrogen-bond donors (Lipinski definition) is 1. The van der Waals surface area contributed by atoms with Gasteiger partial charge in [-0.3, -0.25) is 4.79 Å². The maximum atomic E-state index is 13.0. The molecule has 0 atom stereocenters. The van der Waals surface area contributed by atoms with Gasteiger partial charge < -0.3 is 5.11 Å². The van der Waals surface area contributed by atoms with E-state index >= 15 is 0 Å². The molecule has 3 rings (SSSR count). The Balaban J connectivity index is 2.03. The Kier molecular flexibility index (Phi) is 3.72. The van der Waals surface area contributed by atoms with E-state index < -0.39 is 17.7 Å². The molecule has 0 aromatic heterocycles. The zero-order chi connectivity index (χ0) is 16.4. The van der Waals surface area contributed by atoms with Crippen molar-refractivity contribution < 1.29 is 19.1 Å². The first-order chi connectivity index (χ1) is 11.1. The minimum absolute atomic E-state index is 0.0482. The first-order valence-electron chi connectivity index (χ1n) is 6.75. The quantitative estimate of drug-likeness (QED) is 0.886. The number of hydrazone groups is 1. The molecule has 0 saturated carbocycles. The van der Waals surface area contributed by atoms with Crippen molar-refractivity contribution in [3.8, 4) is 0 Å². The second kappa shape index (κ2) is 5.84. The lowest BCUT2D eigenvalue weighted by atomic mass is 10.1. The molecule has 0 radical (unpaired) electrons. The number of carboxylic acids is 1. The first kappa shape index (κ1) is 14.6. The van der Waals surface area contributed by atoms with Crippen molar-refractivity contribution in [1.82, 2.24) is 0 Å². The van der Waals surface area contributed by atoms with Gasteiger partial charge >= 0.3 is 5.97 Å². The SMILES string of the molecule is O=C(O)C1=NN(c2ccccc2)C(=O)/C1=C\c1ccc(F)cc1. The number of carbonyl (C=O) groups excluding carboxylic acids is 1. The molecule has 1 N–H and O–H groups in total. The third kappa shape index (κ3) is 2.87. The Morgan fingerprint density at radius 1 is 1.09 bits per heavy atom. The van der Waals surface area contributed by atoms with Crippen LogP contribution in [0, 0.1) is 5.82 Å². The van der Waals surface area contributed by atoms with Gasteiger partial charge in [-0.2, -0.15) is 10.1 Å². The fourth-order valence-electron chi connectivity index (χ4n) is 2.17. The number of nitrogens with zero attached hydrogens (tertiary/aromatic N) is 2. The van der Waals surface area contributed by atoms with Crippen LogP contribution in [0.2, 0.25) is 0 Å². The highest BCUT2D eigenvalue weighted by Crippen LogP contribution is 2.25. The van der Waals surface area contributed by atoms with Gasteiger partial charge in [0.15, 0.2) is 5.71 Å². The third-order valence-electron chi connectivity index (χ3n) is 3.26. The standard InChI is InChI=1S/C17H11FN2O3/c18-12-8-6-11(7-9-12)10-14-15(17(22)23)19-20(16(14)21)13-4-2-1-3-5-13/h1-10H,(H,22,23)/b14-10-. The Morgan fingerprint density at radius 3 is 2.35 bits per heavy atom. The smallest absolute Gasteiger partial charge is 0.357 e. The van der Waals surface area contributed by atoms with Crippen LogP contribution >= 0.6 is 0 Å². The Bertz CT molecular complexity index is 827. The van der Waals surface area contributed by atoms with Crippen LogP contribution in [0.15, 0.2) is 65.3 Å². The number of rotatable bonds is 3. The van der Waals surface area contributed by atoms with E-state index in [2.05, 4.69) is 5.10 Å². The van der Waals surface area contributed by atoms with Crippen molar-refractivity contribution in [1.29, 1.82) is 0 Å². The van der Waals surface area contributed by atoms with E-state index in [9.17, 15) is 19.1 Å². The highest BCUT2D eigenvalue weighted by molar-refractivity contribution is 6.53. The molecular weight excluding hydrogens is 299 g/mol. The molecule has 0 bridgehead atoms. The molecule has 0 aliphatic carbocycles. The van der Waals surface area contributed by atoms with Crippen LogP contribution in [0.4, 0.5) is 10.1 Å². The minimum atomic E-state index is -1.30. The summed E-state index contributed by atoms with van der Waals surface area (Å²) in [5.74, 6) is -2.26. The molecular formula is C17H11FN2O3. The maximum absolute atomic E-state index is 13.0. The number of halogens is 1. The summed E-state index contributed by atoms with van der Waals surface area (Å²) >= 11 is 0. The van der Waals surface area contributed by atoms with Crippen molar-refractivity contribution in [2.45, 2.75) is 0 Å². The molecule has 1 aliphatic heterocycles. The number of carboxylic acid groups (broad SMARTS) is 1. The summed E-state index contributed by atoms with van der Waals surface area (Å²) in [6.07, 6.45) is 1.39. The molecule has 114 valence electrons. The maximum Gasteiger partial charge on any atom is 0.357 e. The van der Waals surface area contributed by atoms with Crippen molar-refractivity contribution in [3.63, 3.8) is 0 Å². The van der Waals surface area contributed by atoms with E-state index in [-0.39, 0.29) is 11.3 Å². The second-order valence-corrected chi connectivity index (χ2v) is 4.82. The van der Waals surface area contributed by atoms with Crippen LogP contribution in [0.5, 0.6) is 0 Å². The van der Waals surface area contributed by atoms with Crippen LogP contribution in [0.1, 0.15) is 5.56 Å². The summed E-state index contributed by atoms with van der Waals surface area (Å²) in [5, 5.41) is 14.2. The van der Waals surface area contributed by atoms with E-state index in [0.717, 1.165) is 5.01 Å². The van der Waals surface area contributed by atoms with Crippen LogP contribution in [-0.2, 0) is 9.59 Å². The average molecular weight is 310 g/mol. The topological polar surface area (TPSA) is 70.0 Å². The van der Waals surface area contributed by atoms with E-state index in [4.69, 9.17) is 0 Å². The summed E-state index contributed by atoms with van der Waals surface area (Å²) in [6.45, 7) is 0. The predicted molar refractivity (Wildman–Crippen MR) is 83.4 cm³/mol. The van der Waals surface area contributed by atoms with Gasteiger partial charge in [0, 0.05) is 0 Å². The van der Waals surface area contributed by atoms with Crippen molar-refractivity contribution >= 4 is 29.4 Å². The van der Waals surface area contributed by atoms with E-state index in [1.807, 2.05) is 0 Å².